The highest BCUT2D eigenvalue weighted by atomic mass is 19.4. The molecule has 126 valence electrons. The van der Waals surface area contributed by atoms with E-state index in [0.717, 1.165) is 12.1 Å². The van der Waals surface area contributed by atoms with E-state index in [4.69, 9.17) is 5.11 Å². The average Bonchev–Trinajstić information content (AvgIpc) is 2.88. The lowest BCUT2D eigenvalue weighted by Crippen LogP contribution is -2.35. The number of anilines is 1. The molecule has 2 atom stereocenters. The minimum Gasteiger partial charge on any atom is -0.481 e. The predicted molar refractivity (Wildman–Crippen MR) is 67.6 cm³/mol. The fraction of sp³-hybridized carbons (Fsp3) is 0.385. The lowest BCUT2D eigenvalue weighted by Gasteiger charge is -2.18. The van der Waals surface area contributed by atoms with Crippen LogP contribution in [0.25, 0.3) is 0 Å². The molecule has 0 unspecified atom stereocenters. The highest BCUT2D eigenvalue weighted by Gasteiger charge is 2.53. The van der Waals surface area contributed by atoms with Gasteiger partial charge in [-0.15, -0.1) is 0 Å². The van der Waals surface area contributed by atoms with Gasteiger partial charge < -0.3 is 15.3 Å². The number of likely N-dealkylation sites (tertiary alicyclic amines) is 1. The van der Waals surface area contributed by atoms with Crippen molar-refractivity contribution in [3.63, 3.8) is 0 Å². The number of urea groups is 1. The molecule has 2 rings (SSSR count). The summed E-state index contributed by atoms with van der Waals surface area (Å²) in [6, 6.07) is 1.42. The van der Waals surface area contributed by atoms with E-state index in [1.807, 2.05) is 0 Å². The monoisotopic (exact) mass is 338 g/mol. The number of alkyl halides is 3. The van der Waals surface area contributed by atoms with Crippen molar-refractivity contribution >= 4 is 17.7 Å². The van der Waals surface area contributed by atoms with Crippen LogP contribution < -0.4 is 5.32 Å². The number of nitrogens with one attached hydrogen (secondary N) is 1. The lowest BCUT2D eigenvalue weighted by atomic mass is 9.96. The predicted octanol–water partition coefficient (Wildman–Crippen LogP) is 2.69. The summed E-state index contributed by atoms with van der Waals surface area (Å²) in [5.41, 5.74) is -0.156. The molecule has 0 spiro atoms. The molecule has 2 N–H and O–H groups in total. The number of carboxylic acid groups (broad SMARTS) is 1. The first-order valence-corrected chi connectivity index (χ1v) is 6.40. The van der Waals surface area contributed by atoms with Crippen molar-refractivity contribution in [1.29, 1.82) is 0 Å². The van der Waals surface area contributed by atoms with E-state index in [0.29, 0.717) is 11.0 Å². The number of rotatable bonds is 2. The number of hydrogen-bond donors (Lipinski definition) is 2. The number of halogens is 5. The number of carbonyl (C=O) groups is 2. The van der Waals surface area contributed by atoms with Gasteiger partial charge in [0.15, 0.2) is 11.6 Å². The third-order valence-electron chi connectivity index (χ3n) is 3.52. The van der Waals surface area contributed by atoms with Crippen LogP contribution in [0.4, 0.5) is 32.4 Å². The maximum absolute atomic E-state index is 13.0. The van der Waals surface area contributed by atoms with Crippen LogP contribution >= 0.6 is 0 Å². The molecular formula is C13H11F5N2O3. The van der Waals surface area contributed by atoms with Crippen LogP contribution in [-0.4, -0.2) is 41.3 Å². The van der Waals surface area contributed by atoms with Gasteiger partial charge in [-0.25, -0.2) is 13.6 Å². The topological polar surface area (TPSA) is 69.6 Å². The summed E-state index contributed by atoms with van der Waals surface area (Å²) >= 11 is 0. The number of carboxylic acids is 1. The van der Waals surface area contributed by atoms with Crippen molar-refractivity contribution in [3.8, 4) is 0 Å². The van der Waals surface area contributed by atoms with Gasteiger partial charge in [0.1, 0.15) is 0 Å². The molecule has 5 nitrogen and oxygen atoms in total. The van der Waals surface area contributed by atoms with E-state index in [1.54, 1.807) is 0 Å². The lowest BCUT2D eigenvalue weighted by molar-refractivity contribution is -0.187. The van der Waals surface area contributed by atoms with E-state index in [1.165, 1.54) is 0 Å². The van der Waals surface area contributed by atoms with Crippen LogP contribution in [0.1, 0.15) is 0 Å². The Kier molecular flexibility index (Phi) is 4.44. The summed E-state index contributed by atoms with van der Waals surface area (Å²) in [6.45, 7) is -1.45. The zero-order chi connectivity index (χ0) is 17.4. The van der Waals surface area contributed by atoms with Crippen molar-refractivity contribution in [2.75, 3.05) is 18.4 Å². The van der Waals surface area contributed by atoms with Gasteiger partial charge in [0.2, 0.25) is 0 Å². The van der Waals surface area contributed by atoms with Gasteiger partial charge in [-0.05, 0) is 12.1 Å². The Bertz CT molecular complexity index is 635. The molecule has 0 bridgehead atoms. The van der Waals surface area contributed by atoms with Gasteiger partial charge in [-0.3, -0.25) is 4.79 Å². The van der Waals surface area contributed by atoms with Gasteiger partial charge in [-0.2, -0.15) is 13.2 Å². The Morgan fingerprint density at radius 3 is 2.30 bits per heavy atom. The zero-order valence-electron chi connectivity index (χ0n) is 11.4. The fourth-order valence-corrected chi connectivity index (χ4v) is 2.33. The third-order valence-corrected chi connectivity index (χ3v) is 3.52. The number of hydrogen-bond acceptors (Lipinski definition) is 2. The highest BCUT2D eigenvalue weighted by molar-refractivity contribution is 5.90. The maximum Gasteiger partial charge on any atom is 0.394 e. The number of amides is 2. The largest absolute Gasteiger partial charge is 0.481 e. The number of nitrogens with zero attached hydrogens (tertiary/aromatic N) is 1. The summed E-state index contributed by atoms with van der Waals surface area (Å²) in [6.07, 6.45) is -4.76. The van der Waals surface area contributed by atoms with Crippen LogP contribution in [0.15, 0.2) is 18.2 Å². The molecule has 1 aliphatic heterocycles. The third kappa shape index (κ3) is 3.69. The average molecular weight is 338 g/mol. The molecular weight excluding hydrogens is 327 g/mol. The van der Waals surface area contributed by atoms with Crippen molar-refractivity contribution in [1.82, 2.24) is 4.90 Å². The van der Waals surface area contributed by atoms with Crippen molar-refractivity contribution in [2.45, 2.75) is 6.18 Å². The Hall–Kier alpha value is -2.39. The normalized spacial score (nSPS) is 21.3. The van der Waals surface area contributed by atoms with Gasteiger partial charge in [0, 0.05) is 24.8 Å². The number of carbonyl (C=O) groups excluding carboxylic acids is 1. The van der Waals surface area contributed by atoms with Crippen LogP contribution in [0.3, 0.4) is 0 Å². The first-order chi connectivity index (χ1) is 10.6. The quantitative estimate of drug-likeness (QED) is 0.815. The minimum absolute atomic E-state index is 0.156. The molecule has 10 heteroatoms. The van der Waals surface area contributed by atoms with E-state index in [-0.39, 0.29) is 5.69 Å². The molecule has 1 aliphatic rings. The number of aliphatic carboxylic acids is 1. The minimum atomic E-state index is -4.76. The van der Waals surface area contributed by atoms with Gasteiger partial charge >= 0.3 is 18.2 Å². The molecule has 1 heterocycles. The SMILES string of the molecule is O=C(O)[C@@H]1CN(C(=O)Nc2ccc(F)c(F)c2)C[C@H]1C(F)(F)F. The van der Waals surface area contributed by atoms with Crippen LogP contribution in [0.2, 0.25) is 0 Å². The maximum atomic E-state index is 13.0. The van der Waals surface area contributed by atoms with Gasteiger partial charge in [-0.1, -0.05) is 0 Å². The molecule has 0 saturated carbocycles. The Morgan fingerprint density at radius 1 is 1.17 bits per heavy atom. The van der Waals surface area contributed by atoms with Crippen molar-refractivity contribution in [2.24, 2.45) is 11.8 Å². The Balaban J connectivity index is 2.11. The first kappa shape index (κ1) is 17.0. The van der Waals surface area contributed by atoms with E-state index < -0.39 is 54.7 Å². The molecule has 0 aromatic heterocycles. The molecule has 2 amide bonds. The first-order valence-electron chi connectivity index (χ1n) is 6.40. The summed E-state index contributed by atoms with van der Waals surface area (Å²) in [5, 5.41) is 11.0. The number of benzene rings is 1. The molecule has 1 fully saturated rings. The Labute approximate surface area is 126 Å². The summed E-state index contributed by atoms with van der Waals surface area (Å²) in [5.74, 6) is -8.00. The summed E-state index contributed by atoms with van der Waals surface area (Å²) in [4.78, 5) is 23.5. The zero-order valence-corrected chi connectivity index (χ0v) is 11.4. The van der Waals surface area contributed by atoms with E-state index in [9.17, 15) is 31.5 Å². The summed E-state index contributed by atoms with van der Waals surface area (Å²) in [7, 11) is 0. The van der Waals surface area contributed by atoms with E-state index >= 15 is 0 Å². The standard InChI is InChI=1S/C13H11F5N2O3/c14-9-2-1-6(3-10(9)15)19-12(23)20-4-7(11(21)22)8(5-20)13(16,17)18/h1-3,7-8H,4-5H2,(H,19,23)(H,21,22)/t7-,8-/m1/s1. The van der Waals surface area contributed by atoms with Crippen molar-refractivity contribution in [3.05, 3.63) is 29.8 Å². The molecule has 0 radical (unpaired) electrons. The molecule has 1 aromatic rings. The van der Waals surface area contributed by atoms with E-state index in [2.05, 4.69) is 5.32 Å². The molecule has 1 aromatic carbocycles. The molecule has 23 heavy (non-hydrogen) atoms. The second kappa shape index (κ2) is 6.01. The second-order valence-corrected chi connectivity index (χ2v) is 5.06. The van der Waals surface area contributed by atoms with Crippen LogP contribution in [-0.2, 0) is 4.79 Å². The van der Waals surface area contributed by atoms with Gasteiger partial charge in [0.05, 0.1) is 11.8 Å². The molecule has 1 saturated heterocycles. The van der Waals surface area contributed by atoms with Gasteiger partial charge in [0.25, 0.3) is 0 Å². The van der Waals surface area contributed by atoms with Crippen LogP contribution in [0, 0.1) is 23.5 Å². The Morgan fingerprint density at radius 2 is 1.83 bits per heavy atom. The fourth-order valence-electron chi connectivity index (χ4n) is 2.33. The molecule has 0 aliphatic carbocycles. The van der Waals surface area contributed by atoms with Crippen molar-refractivity contribution < 1.29 is 36.6 Å². The highest BCUT2D eigenvalue weighted by Crippen LogP contribution is 2.37. The van der Waals surface area contributed by atoms with Crippen LogP contribution in [0.5, 0.6) is 0 Å². The smallest absolute Gasteiger partial charge is 0.394 e. The summed E-state index contributed by atoms with van der Waals surface area (Å²) < 4.78 is 64.3. The second-order valence-electron chi connectivity index (χ2n) is 5.06.